The Morgan fingerprint density at radius 1 is 0.944 bits per heavy atom. The highest BCUT2D eigenvalue weighted by Crippen LogP contribution is 2.37. The van der Waals surface area contributed by atoms with Crippen molar-refractivity contribution in [3.8, 4) is 5.75 Å². The average molecular weight is 243 g/mol. The molecule has 1 heterocycles. The second kappa shape index (κ2) is 3.98. The van der Waals surface area contributed by atoms with E-state index < -0.39 is 0 Å². The van der Waals surface area contributed by atoms with Gasteiger partial charge in [0.05, 0.1) is 17.5 Å². The van der Waals surface area contributed by atoms with E-state index in [1.165, 1.54) is 17.0 Å². The molecule has 1 aliphatic carbocycles. The third-order valence-electron chi connectivity index (χ3n) is 3.62. The summed E-state index contributed by atoms with van der Waals surface area (Å²) in [6, 6.07) is 6.15. The minimum Gasteiger partial charge on any atom is -0.508 e. The highest BCUT2D eigenvalue weighted by molar-refractivity contribution is 6.22. The van der Waals surface area contributed by atoms with E-state index in [0.717, 1.165) is 0 Å². The second-order valence-electron chi connectivity index (χ2n) is 4.68. The average Bonchev–Trinajstić information content (AvgIpc) is 2.64. The molecular formula is C14H13NO3. The number of hydrogen-bond donors (Lipinski definition) is 1. The molecule has 18 heavy (non-hydrogen) atoms. The van der Waals surface area contributed by atoms with Crippen LogP contribution in [0.1, 0.15) is 12.8 Å². The monoisotopic (exact) mass is 243 g/mol. The summed E-state index contributed by atoms with van der Waals surface area (Å²) in [6.45, 7) is 0. The van der Waals surface area contributed by atoms with Crippen molar-refractivity contribution in [2.75, 3.05) is 4.90 Å². The third kappa shape index (κ3) is 1.53. The van der Waals surface area contributed by atoms with Gasteiger partial charge >= 0.3 is 0 Å². The number of anilines is 1. The van der Waals surface area contributed by atoms with Gasteiger partial charge in [-0.3, -0.25) is 14.5 Å². The number of phenols is 1. The molecule has 3 rings (SSSR count). The molecule has 0 spiro atoms. The second-order valence-corrected chi connectivity index (χ2v) is 4.68. The molecule has 2 aliphatic rings. The predicted octanol–water partition coefficient (Wildman–Crippen LogP) is 1.85. The molecule has 1 aliphatic heterocycles. The fraction of sp³-hybridized carbons (Fsp3) is 0.286. The lowest BCUT2D eigenvalue weighted by molar-refractivity contribution is -0.122. The molecule has 0 saturated carbocycles. The number of phenolic OH excluding ortho intramolecular Hbond substituents is 1. The van der Waals surface area contributed by atoms with Crippen molar-refractivity contribution in [1.82, 2.24) is 0 Å². The Kier molecular flexibility index (Phi) is 2.44. The number of carbonyl (C=O) groups is 2. The summed E-state index contributed by atoms with van der Waals surface area (Å²) in [7, 11) is 0. The van der Waals surface area contributed by atoms with Gasteiger partial charge < -0.3 is 5.11 Å². The topological polar surface area (TPSA) is 57.6 Å². The van der Waals surface area contributed by atoms with Crippen molar-refractivity contribution in [2.45, 2.75) is 12.8 Å². The fourth-order valence-electron chi connectivity index (χ4n) is 2.66. The first-order valence-electron chi connectivity index (χ1n) is 6.00. The molecule has 1 fully saturated rings. The predicted molar refractivity (Wildman–Crippen MR) is 66.0 cm³/mol. The summed E-state index contributed by atoms with van der Waals surface area (Å²) in [5.74, 6) is -0.551. The third-order valence-corrected chi connectivity index (χ3v) is 3.62. The molecular weight excluding hydrogens is 230 g/mol. The maximum Gasteiger partial charge on any atom is 0.238 e. The number of benzene rings is 1. The van der Waals surface area contributed by atoms with Gasteiger partial charge in [0.15, 0.2) is 0 Å². The zero-order valence-corrected chi connectivity index (χ0v) is 9.74. The molecule has 0 radical (unpaired) electrons. The Bertz CT molecular complexity index is 506. The summed E-state index contributed by atoms with van der Waals surface area (Å²) >= 11 is 0. The van der Waals surface area contributed by atoms with Crippen LogP contribution in [0.15, 0.2) is 36.4 Å². The van der Waals surface area contributed by atoms with Gasteiger partial charge in [-0.25, -0.2) is 0 Å². The Morgan fingerprint density at radius 3 is 1.94 bits per heavy atom. The molecule has 1 saturated heterocycles. The number of carbonyl (C=O) groups excluding carboxylic acids is 2. The van der Waals surface area contributed by atoms with Crippen LogP contribution in [0.3, 0.4) is 0 Å². The summed E-state index contributed by atoms with van der Waals surface area (Å²) in [5.41, 5.74) is 0.539. The smallest absolute Gasteiger partial charge is 0.238 e. The number of hydrogen-bond acceptors (Lipinski definition) is 3. The summed E-state index contributed by atoms with van der Waals surface area (Å²) in [4.78, 5) is 25.7. The molecule has 92 valence electrons. The van der Waals surface area contributed by atoms with Crippen LogP contribution in [-0.2, 0) is 9.59 Å². The van der Waals surface area contributed by atoms with Crippen molar-refractivity contribution < 1.29 is 14.7 Å². The lowest BCUT2D eigenvalue weighted by atomic mass is 9.85. The summed E-state index contributed by atoms with van der Waals surface area (Å²) in [5, 5.41) is 9.24. The largest absolute Gasteiger partial charge is 0.508 e. The molecule has 2 amide bonds. The van der Waals surface area contributed by atoms with E-state index in [-0.39, 0.29) is 29.4 Å². The van der Waals surface area contributed by atoms with Crippen LogP contribution in [0.2, 0.25) is 0 Å². The molecule has 2 unspecified atom stereocenters. The molecule has 4 nitrogen and oxygen atoms in total. The molecule has 1 aromatic carbocycles. The SMILES string of the molecule is O=C1C2CC=CCC2C(=O)N1c1ccc(O)cc1. The van der Waals surface area contributed by atoms with E-state index in [1.807, 2.05) is 12.2 Å². The Morgan fingerprint density at radius 2 is 1.44 bits per heavy atom. The number of fused-ring (bicyclic) bond motifs is 1. The van der Waals surface area contributed by atoms with Crippen LogP contribution in [0.25, 0.3) is 0 Å². The number of amides is 2. The van der Waals surface area contributed by atoms with Crippen molar-refractivity contribution >= 4 is 17.5 Å². The fourth-order valence-corrected chi connectivity index (χ4v) is 2.66. The zero-order valence-electron chi connectivity index (χ0n) is 9.74. The van der Waals surface area contributed by atoms with Gasteiger partial charge in [-0.2, -0.15) is 0 Å². The van der Waals surface area contributed by atoms with Gasteiger partial charge in [-0.15, -0.1) is 0 Å². The van der Waals surface area contributed by atoms with E-state index in [2.05, 4.69) is 0 Å². The number of imide groups is 1. The number of nitrogens with zero attached hydrogens (tertiary/aromatic N) is 1. The summed E-state index contributed by atoms with van der Waals surface area (Å²) < 4.78 is 0. The minimum absolute atomic E-state index is 0.122. The van der Waals surface area contributed by atoms with E-state index in [0.29, 0.717) is 18.5 Å². The van der Waals surface area contributed by atoms with E-state index in [9.17, 15) is 14.7 Å². The van der Waals surface area contributed by atoms with E-state index in [1.54, 1.807) is 12.1 Å². The van der Waals surface area contributed by atoms with Gasteiger partial charge in [-0.1, -0.05) is 12.2 Å². The van der Waals surface area contributed by atoms with Gasteiger partial charge in [0.2, 0.25) is 11.8 Å². The Hall–Kier alpha value is -2.10. The van der Waals surface area contributed by atoms with Crippen molar-refractivity contribution in [2.24, 2.45) is 11.8 Å². The molecule has 1 N–H and O–H groups in total. The number of allylic oxidation sites excluding steroid dienone is 2. The van der Waals surface area contributed by atoms with Gasteiger partial charge in [-0.05, 0) is 37.1 Å². The van der Waals surface area contributed by atoms with Crippen LogP contribution >= 0.6 is 0 Å². The normalized spacial score (nSPS) is 26.6. The van der Waals surface area contributed by atoms with Crippen LogP contribution < -0.4 is 4.90 Å². The van der Waals surface area contributed by atoms with Crippen LogP contribution in [0.4, 0.5) is 5.69 Å². The minimum atomic E-state index is -0.212. The summed E-state index contributed by atoms with van der Waals surface area (Å²) in [6.07, 6.45) is 5.22. The zero-order chi connectivity index (χ0) is 12.7. The van der Waals surface area contributed by atoms with Gasteiger partial charge in [0.25, 0.3) is 0 Å². The van der Waals surface area contributed by atoms with Gasteiger partial charge in [0, 0.05) is 0 Å². The lowest BCUT2D eigenvalue weighted by Gasteiger charge is -2.14. The van der Waals surface area contributed by atoms with Crippen molar-refractivity contribution in [3.63, 3.8) is 0 Å². The quantitative estimate of drug-likeness (QED) is 0.605. The maximum absolute atomic E-state index is 12.2. The molecule has 4 heteroatoms. The van der Waals surface area contributed by atoms with Crippen LogP contribution in [0.5, 0.6) is 5.75 Å². The Balaban J connectivity index is 1.96. The number of rotatable bonds is 1. The standard InChI is InChI=1S/C14H13NO3/c16-10-7-5-9(6-8-10)15-13(17)11-3-1-2-4-12(11)14(15)18/h1-2,5-8,11-12,16H,3-4H2. The van der Waals surface area contributed by atoms with Crippen LogP contribution in [0, 0.1) is 11.8 Å². The highest BCUT2D eigenvalue weighted by atomic mass is 16.3. The molecule has 0 aromatic heterocycles. The number of aromatic hydroxyl groups is 1. The molecule has 1 aromatic rings. The first-order valence-corrected chi connectivity index (χ1v) is 6.00. The van der Waals surface area contributed by atoms with Crippen LogP contribution in [-0.4, -0.2) is 16.9 Å². The van der Waals surface area contributed by atoms with E-state index >= 15 is 0 Å². The van der Waals surface area contributed by atoms with Crippen molar-refractivity contribution in [3.05, 3.63) is 36.4 Å². The maximum atomic E-state index is 12.2. The molecule has 0 bridgehead atoms. The first-order chi connectivity index (χ1) is 8.68. The van der Waals surface area contributed by atoms with E-state index in [4.69, 9.17) is 0 Å². The highest BCUT2D eigenvalue weighted by Gasteiger charge is 2.47. The molecule has 2 atom stereocenters. The Labute approximate surface area is 105 Å². The van der Waals surface area contributed by atoms with Gasteiger partial charge in [0.1, 0.15) is 5.75 Å². The van der Waals surface area contributed by atoms with Crippen molar-refractivity contribution in [1.29, 1.82) is 0 Å². The first kappa shape index (κ1) is 11.0. The lowest BCUT2D eigenvalue weighted by Crippen LogP contribution is -2.30.